The van der Waals surface area contributed by atoms with Gasteiger partial charge < -0.3 is 15.5 Å². The van der Waals surface area contributed by atoms with Gasteiger partial charge in [0.15, 0.2) is 0 Å². The Morgan fingerprint density at radius 2 is 1.62 bits per heavy atom. The molecule has 3 rings (SSSR count). The number of amides is 1. The van der Waals surface area contributed by atoms with Crippen LogP contribution in [0.15, 0.2) is 60.7 Å². The molecular weight excluding hydrogens is 326 g/mol. The number of nitrogens with one attached hydrogen (secondary N) is 2. The lowest BCUT2D eigenvalue weighted by atomic mass is 10.2. The maximum atomic E-state index is 11.1. The van der Waals surface area contributed by atoms with E-state index in [1.165, 1.54) is 6.92 Å². The van der Waals surface area contributed by atoms with E-state index in [4.69, 9.17) is 0 Å². The van der Waals surface area contributed by atoms with Crippen molar-refractivity contribution in [2.45, 2.75) is 13.8 Å². The number of para-hydroxylation sites is 1. The molecule has 26 heavy (non-hydrogen) atoms. The summed E-state index contributed by atoms with van der Waals surface area (Å²) in [7, 11) is 1.98. The molecule has 0 aliphatic heterocycles. The minimum absolute atomic E-state index is 0.0960. The van der Waals surface area contributed by atoms with Crippen molar-refractivity contribution in [3.8, 4) is 0 Å². The van der Waals surface area contributed by atoms with Crippen molar-refractivity contribution in [1.82, 2.24) is 9.97 Å². The molecule has 0 radical (unpaired) electrons. The number of benzene rings is 2. The number of aromatic nitrogens is 2. The molecule has 0 atom stereocenters. The molecule has 0 saturated heterocycles. The van der Waals surface area contributed by atoms with E-state index in [1.807, 2.05) is 79.5 Å². The summed E-state index contributed by atoms with van der Waals surface area (Å²) in [6.45, 7) is 3.42. The van der Waals surface area contributed by atoms with Crippen LogP contribution in [0, 0.1) is 6.92 Å². The minimum atomic E-state index is -0.0960. The van der Waals surface area contributed by atoms with Crippen LogP contribution in [0.3, 0.4) is 0 Å². The van der Waals surface area contributed by atoms with Gasteiger partial charge >= 0.3 is 0 Å². The molecule has 0 bridgehead atoms. The van der Waals surface area contributed by atoms with E-state index in [9.17, 15) is 4.79 Å². The van der Waals surface area contributed by atoms with E-state index in [0.29, 0.717) is 5.95 Å². The van der Waals surface area contributed by atoms with Crippen molar-refractivity contribution in [3.63, 3.8) is 0 Å². The highest BCUT2D eigenvalue weighted by atomic mass is 16.1. The van der Waals surface area contributed by atoms with Crippen molar-refractivity contribution in [1.29, 1.82) is 0 Å². The number of carbonyl (C=O) groups is 1. The molecule has 3 aromatic rings. The normalized spacial score (nSPS) is 10.3. The lowest BCUT2D eigenvalue weighted by Gasteiger charge is -2.19. The van der Waals surface area contributed by atoms with Crippen LogP contribution < -0.4 is 15.5 Å². The second kappa shape index (κ2) is 7.65. The highest BCUT2D eigenvalue weighted by Crippen LogP contribution is 2.24. The Hall–Kier alpha value is -3.41. The van der Waals surface area contributed by atoms with Crippen LogP contribution in [0.4, 0.5) is 28.8 Å². The maximum absolute atomic E-state index is 11.1. The molecule has 132 valence electrons. The number of carbonyl (C=O) groups excluding carboxylic acids is 1. The molecule has 6 nitrogen and oxygen atoms in total. The number of nitrogens with zero attached hydrogens (tertiary/aromatic N) is 3. The molecule has 1 heterocycles. The SMILES string of the molecule is CC(=O)Nc1ccc(Nc2nc(C)cc(N(C)c3ccccc3)n2)cc1. The predicted octanol–water partition coefficient (Wildman–Crippen LogP) is 4.25. The van der Waals surface area contributed by atoms with E-state index < -0.39 is 0 Å². The average molecular weight is 347 g/mol. The second-order valence-corrected chi connectivity index (χ2v) is 5.97. The van der Waals surface area contributed by atoms with E-state index in [1.54, 1.807) is 0 Å². The summed E-state index contributed by atoms with van der Waals surface area (Å²) in [6.07, 6.45) is 0. The molecule has 0 fully saturated rings. The van der Waals surface area contributed by atoms with Crippen LogP contribution >= 0.6 is 0 Å². The first-order chi connectivity index (χ1) is 12.5. The molecule has 2 aromatic carbocycles. The average Bonchev–Trinajstić information content (AvgIpc) is 2.62. The maximum Gasteiger partial charge on any atom is 0.229 e. The summed E-state index contributed by atoms with van der Waals surface area (Å²) in [4.78, 5) is 22.2. The Labute approximate surface area is 152 Å². The van der Waals surface area contributed by atoms with Crippen LogP contribution in [0.2, 0.25) is 0 Å². The first-order valence-corrected chi connectivity index (χ1v) is 8.30. The molecule has 6 heteroatoms. The third-order valence-electron chi connectivity index (χ3n) is 3.79. The summed E-state index contributed by atoms with van der Waals surface area (Å²) in [5.74, 6) is 1.23. The Morgan fingerprint density at radius 1 is 0.962 bits per heavy atom. The van der Waals surface area contributed by atoms with Gasteiger partial charge in [-0.3, -0.25) is 4.79 Å². The van der Waals surface area contributed by atoms with Crippen LogP contribution in [-0.2, 0) is 4.79 Å². The largest absolute Gasteiger partial charge is 0.329 e. The number of hydrogen-bond acceptors (Lipinski definition) is 5. The van der Waals surface area contributed by atoms with Gasteiger partial charge in [-0.25, -0.2) is 4.98 Å². The van der Waals surface area contributed by atoms with E-state index >= 15 is 0 Å². The molecular formula is C20H21N5O. The molecule has 0 aliphatic rings. The second-order valence-electron chi connectivity index (χ2n) is 5.97. The Morgan fingerprint density at radius 3 is 2.27 bits per heavy atom. The van der Waals surface area contributed by atoms with Crippen LogP contribution in [-0.4, -0.2) is 22.9 Å². The fraction of sp³-hybridized carbons (Fsp3) is 0.150. The zero-order chi connectivity index (χ0) is 18.5. The lowest BCUT2D eigenvalue weighted by molar-refractivity contribution is -0.114. The first kappa shape index (κ1) is 17.4. The summed E-state index contributed by atoms with van der Waals surface area (Å²) in [5, 5.41) is 5.95. The Kier molecular flexibility index (Phi) is 5.12. The monoisotopic (exact) mass is 347 g/mol. The van der Waals surface area contributed by atoms with Gasteiger partial charge in [-0.05, 0) is 43.3 Å². The van der Waals surface area contributed by atoms with Gasteiger partial charge in [0, 0.05) is 42.8 Å². The van der Waals surface area contributed by atoms with Crippen LogP contribution in [0.25, 0.3) is 0 Å². The fourth-order valence-corrected chi connectivity index (χ4v) is 2.53. The van der Waals surface area contributed by atoms with E-state index in [-0.39, 0.29) is 5.91 Å². The van der Waals surface area contributed by atoms with Gasteiger partial charge in [-0.1, -0.05) is 18.2 Å². The van der Waals surface area contributed by atoms with Crippen molar-refractivity contribution in [3.05, 3.63) is 66.4 Å². The number of rotatable bonds is 5. The summed E-state index contributed by atoms with van der Waals surface area (Å²) in [5.41, 5.74) is 3.52. The van der Waals surface area contributed by atoms with Crippen molar-refractivity contribution in [2.75, 3.05) is 22.6 Å². The van der Waals surface area contributed by atoms with Gasteiger partial charge in [0.1, 0.15) is 5.82 Å². The number of anilines is 5. The van der Waals surface area contributed by atoms with Gasteiger partial charge in [0.2, 0.25) is 11.9 Å². The zero-order valence-electron chi connectivity index (χ0n) is 15.0. The predicted molar refractivity (Wildman–Crippen MR) is 105 cm³/mol. The standard InChI is InChI=1S/C20H21N5O/c1-14-13-19(25(3)18-7-5-4-6-8-18)24-20(21-14)23-17-11-9-16(10-12-17)22-15(2)26/h4-13H,1-3H3,(H,22,26)(H,21,23,24). The zero-order valence-corrected chi connectivity index (χ0v) is 15.0. The van der Waals surface area contributed by atoms with Crippen molar-refractivity contribution >= 4 is 34.7 Å². The lowest BCUT2D eigenvalue weighted by Crippen LogP contribution is -2.13. The highest BCUT2D eigenvalue weighted by molar-refractivity contribution is 5.88. The first-order valence-electron chi connectivity index (χ1n) is 8.30. The molecule has 0 unspecified atom stereocenters. The van der Waals surface area contributed by atoms with E-state index in [2.05, 4.69) is 20.6 Å². The van der Waals surface area contributed by atoms with Gasteiger partial charge in [0.05, 0.1) is 0 Å². The third kappa shape index (κ3) is 4.36. The topological polar surface area (TPSA) is 70.2 Å². The Balaban J connectivity index is 1.80. The summed E-state index contributed by atoms with van der Waals surface area (Å²) in [6, 6.07) is 19.4. The fourth-order valence-electron chi connectivity index (χ4n) is 2.53. The van der Waals surface area contributed by atoms with Crippen LogP contribution in [0.5, 0.6) is 0 Å². The van der Waals surface area contributed by atoms with Crippen molar-refractivity contribution < 1.29 is 4.79 Å². The molecule has 1 amide bonds. The Bertz CT molecular complexity index is 894. The number of hydrogen-bond donors (Lipinski definition) is 2. The minimum Gasteiger partial charge on any atom is -0.329 e. The van der Waals surface area contributed by atoms with Crippen molar-refractivity contribution in [2.24, 2.45) is 0 Å². The molecule has 0 saturated carbocycles. The molecule has 0 aliphatic carbocycles. The third-order valence-corrected chi connectivity index (χ3v) is 3.79. The summed E-state index contributed by atoms with van der Waals surface area (Å²) >= 11 is 0. The van der Waals surface area contributed by atoms with Crippen LogP contribution in [0.1, 0.15) is 12.6 Å². The molecule has 2 N–H and O–H groups in total. The van der Waals surface area contributed by atoms with E-state index in [0.717, 1.165) is 28.6 Å². The molecule has 1 aromatic heterocycles. The smallest absolute Gasteiger partial charge is 0.229 e. The van der Waals surface area contributed by atoms with Gasteiger partial charge in [-0.15, -0.1) is 0 Å². The summed E-state index contributed by atoms with van der Waals surface area (Å²) < 4.78 is 0. The van der Waals surface area contributed by atoms with Gasteiger partial charge in [0.25, 0.3) is 0 Å². The quantitative estimate of drug-likeness (QED) is 0.722. The molecule has 0 spiro atoms. The van der Waals surface area contributed by atoms with Gasteiger partial charge in [-0.2, -0.15) is 4.98 Å². The highest BCUT2D eigenvalue weighted by Gasteiger charge is 2.09. The number of aryl methyl sites for hydroxylation is 1.